The van der Waals surface area contributed by atoms with Gasteiger partial charge in [0.25, 0.3) is 0 Å². The fourth-order valence-electron chi connectivity index (χ4n) is 2.67. The molecule has 0 unspecified atom stereocenters. The van der Waals surface area contributed by atoms with Gasteiger partial charge >= 0.3 is 6.41 Å². The molecule has 1 aliphatic heterocycles. The van der Waals surface area contributed by atoms with E-state index < -0.39 is 0 Å². The summed E-state index contributed by atoms with van der Waals surface area (Å²) in [5.74, 6) is 1.25. The van der Waals surface area contributed by atoms with Crippen LogP contribution in [0.15, 0.2) is 0 Å². The standard InChI is InChI=1S/C15H28N3O/c1-3-4-5-6-9-17(13-19)12-15-7-10-18(11-8-15)14(2)16/h15-16H,3-12H2,1-2H3. The summed E-state index contributed by atoms with van der Waals surface area (Å²) in [4.78, 5) is 14.9. The Balaban J connectivity index is 2.21. The molecule has 1 amide bonds. The molecule has 4 heteroatoms. The summed E-state index contributed by atoms with van der Waals surface area (Å²) in [6.07, 6.45) is 9.05. The van der Waals surface area contributed by atoms with Crippen molar-refractivity contribution in [1.82, 2.24) is 9.80 Å². The van der Waals surface area contributed by atoms with Crippen LogP contribution in [-0.2, 0) is 4.79 Å². The van der Waals surface area contributed by atoms with Crippen LogP contribution in [0.25, 0.3) is 0 Å². The van der Waals surface area contributed by atoms with Crippen molar-refractivity contribution in [3.63, 3.8) is 0 Å². The number of unbranched alkanes of at least 4 members (excludes halogenated alkanes) is 3. The van der Waals surface area contributed by atoms with Gasteiger partial charge in [-0.2, -0.15) is 0 Å². The van der Waals surface area contributed by atoms with Crippen LogP contribution in [0.5, 0.6) is 0 Å². The van der Waals surface area contributed by atoms with E-state index in [0.29, 0.717) is 11.8 Å². The molecule has 1 radical (unpaired) electrons. The molecular formula is C15H28N3O. The van der Waals surface area contributed by atoms with Crippen molar-refractivity contribution in [1.29, 1.82) is 5.41 Å². The average molecular weight is 266 g/mol. The van der Waals surface area contributed by atoms with Gasteiger partial charge < -0.3 is 9.80 Å². The molecule has 1 fully saturated rings. The van der Waals surface area contributed by atoms with Crippen molar-refractivity contribution < 1.29 is 4.79 Å². The molecule has 0 aromatic heterocycles. The van der Waals surface area contributed by atoms with E-state index in [1.807, 2.05) is 11.8 Å². The van der Waals surface area contributed by atoms with E-state index in [0.717, 1.165) is 45.4 Å². The minimum atomic E-state index is 0.586. The minimum Gasteiger partial charge on any atom is -0.361 e. The van der Waals surface area contributed by atoms with E-state index in [4.69, 9.17) is 5.41 Å². The fourth-order valence-corrected chi connectivity index (χ4v) is 2.67. The highest BCUT2D eigenvalue weighted by molar-refractivity contribution is 5.76. The van der Waals surface area contributed by atoms with Crippen LogP contribution in [0.3, 0.4) is 0 Å². The highest BCUT2D eigenvalue weighted by Gasteiger charge is 2.21. The normalized spacial score (nSPS) is 16.4. The van der Waals surface area contributed by atoms with Gasteiger partial charge in [0.05, 0.1) is 5.84 Å². The molecule has 1 aliphatic rings. The third kappa shape index (κ3) is 6.08. The van der Waals surface area contributed by atoms with Crippen molar-refractivity contribution in [2.24, 2.45) is 5.92 Å². The van der Waals surface area contributed by atoms with Crippen molar-refractivity contribution in [3.05, 3.63) is 0 Å². The van der Waals surface area contributed by atoms with E-state index >= 15 is 0 Å². The lowest BCUT2D eigenvalue weighted by Gasteiger charge is -2.34. The minimum absolute atomic E-state index is 0.586. The molecule has 0 atom stereocenters. The first kappa shape index (κ1) is 16.0. The number of amidine groups is 1. The van der Waals surface area contributed by atoms with Gasteiger partial charge in [0.15, 0.2) is 0 Å². The summed E-state index contributed by atoms with van der Waals surface area (Å²) in [5.41, 5.74) is 0. The Morgan fingerprint density at radius 3 is 2.53 bits per heavy atom. The van der Waals surface area contributed by atoms with Gasteiger partial charge in [-0.3, -0.25) is 10.2 Å². The summed E-state index contributed by atoms with van der Waals surface area (Å²) in [7, 11) is 0. The maximum Gasteiger partial charge on any atom is 0.312 e. The van der Waals surface area contributed by atoms with Crippen molar-refractivity contribution in [2.75, 3.05) is 26.2 Å². The van der Waals surface area contributed by atoms with Gasteiger partial charge in [0.2, 0.25) is 0 Å². The van der Waals surface area contributed by atoms with Crippen molar-refractivity contribution in [2.45, 2.75) is 52.4 Å². The number of hydrogen-bond acceptors (Lipinski definition) is 2. The number of amides is 1. The summed E-state index contributed by atoms with van der Waals surface area (Å²) >= 11 is 0. The molecule has 0 aliphatic carbocycles. The van der Waals surface area contributed by atoms with Crippen LogP contribution in [-0.4, -0.2) is 48.2 Å². The second-order valence-corrected chi connectivity index (χ2v) is 5.61. The molecule has 1 heterocycles. The Hall–Kier alpha value is -1.06. The van der Waals surface area contributed by atoms with Crippen LogP contribution >= 0.6 is 0 Å². The highest BCUT2D eigenvalue weighted by atomic mass is 16.1. The van der Waals surface area contributed by atoms with Gasteiger partial charge in [-0.15, -0.1) is 0 Å². The smallest absolute Gasteiger partial charge is 0.312 e. The maximum absolute atomic E-state index is 11.0. The molecule has 0 aromatic carbocycles. The molecule has 0 saturated carbocycles. The number of rotatable bonds is 8. The van der Waals surface area contributed by atoms with E-state index in [-0.39, 0.29) is 0 Å². The SMILES string of the molecule is CCCCCCN([C]=O)CC1CCN(C(C)=N)CC1. The number of likely N-dealkylation sites (tertiary alicyclic amines) is 1. The van der Waals surface area contributed by atoms with Gasteiger partial charge in [-0.25, -0.2) is 0 Å². The van der Waals surface area contributed by atoms with E-state index in [2.05, 4.69) is 18.2 Å². The summed E-state index contributed by atoms with van der Waals surface area (Å²) in [5, 5.41) is 7.62. The Labute approximate surface area is 117 Å². The van der Waals surface area contributed by atoms with Crippen LogP contribution in [0, 0.1) is 11.3 Å². The van der Waals surface area contributed by atoms with E-state index in [1.165, 1.54) is 19.3 Å². The van der Waals surface area contributed by atoms with Crippen molar-refractivity contribution >= 4 is 12.2 Å². The highest BCUT2D eigenvalue weighted by Crippen LogP contribution is 2.18. The first-order valence-corrected chi connectivity index (χ1v) is 7.60. The number of piperidine rings is 1. The number of hydrogen-bond donors (Lipinski definition) is 1. The summed E-state index contributed by atoms with van der Waals surface area (Å²) in [6.45, 7) is 7.67. The van der Waals surface area contributed by atoms with Crippen LogP contribution < -0.4 is 0 Å². The van der Waals surface area contributed by atoms with Crippen LogP contribution in [0.2, 0.25) is 0 Å². The molecule has 0 aromatic rings. The maximum atomic E-state index is 11.0. The predicted molar refractivity (Wildman–Crippen MR) is 79.1 cm³/mol. The Morgan fingerprint density at radius 2 is 2.00 bits per heavy atom. The number of nitrogens with one attached hydrogen (secondary N) is 1. The molecule has 1 saturated heterocycles. The Morgan fingerprint density at radius 1 is 1.32 bits per heavy atom. The lowest BCUT2D eigenvalue weighted by molar-refractivity contribution is 0.219. The third-order valence-corrected chi connectivity index (χ3v) is 3.98. The van der Waals surface area contributed by atoms with Crippen molar-refractivity contribution in [3.8, 4) is 0 Å². The van der Waals surface area contributed by atoms with E-state index in [9.17, 15) is 4.79 Å². The third-order valence-electron chi connectivity index (χ3n) is 3.98. The second-order valence-electron chi connectivity index (χ2n) is 5.61. The predicted octanol–water partition coefficient (Wildman–Crippen LogP) is 2.65. The molecule has 1 rings (SSSR count). The summed E-state index contributed by atoms with van der Waals surface area (Å²) < 4.78 is 0. The fraction of sp³-hybridized carbons (Fsp3) is 0.867. The molecule has 0 bridgehead atoms. The van der Waals surface area contributed by atoms with E-state index in [1.54, 1.807) is 0 Å². The van der Waals surface area contributed by atoms with Gasteiger partial charge in [-0.1, -0.05) is 26.2 Å². The molecule has 19 heavy (non-hydrogen) atoms. The zero-order valence-corrected chi connectivity index (χ0v) is 12.5. The second kappa shape index (κ2) is 8.94. The lowest BCUT2D eigenvalue weighted by Crippen LogP contribution is -2.40. The number of carbonyl (C=O) groups excluding carboxylic acids is 1. The quantitative estimate of drug-likeness (QED) is 0.318. The van der Waals surface area contributed by atoms with Crippen LogP contribution in [0.1, 0.15) is 52.4 Å². The Kier molecular flexibility index (Phi) is 7.53. The number of nitrogens with zero attached hydrogens (tertiary/aromatic N) is 2. The zero-order chi connectivity index (χ0) is 14.1. The average Bonchev–Trinajstić information content (AvgIpc) is 2.42. The van der Waals surface area contributed by atoms with Gasteiger partial charge in [0.1, 0.15) is 0 Å². The van der Waals surface area contributed by atoms with Crippen LogP contribution in [0.4, 0.5) is 0 Å². The molecular weight excluding hydrogens is 238 g/mol. The van der Waals surface area contributed by atoms with Gasteiger partial charge in [-0.05, 0) is 32.1 Å². The topological polar surface area (TPSA) is 47.4 Å². The largest absolute Gasteiger partial charge is 0.361 e. The summed E-state index contributed by atoms with van der Waals surface area (Å²) in [6, 6.07) is 0. The molecule has 1 N–H and O–H groups in total. The molecule has 4 nitrogen and oxygen atoms in total. The zero-order valence-electron chi connectivity index (χ0n) is 12.5. The Bertz CT molecular complexity index is 273. The van der Waals surface area contributed by atoms with Gasteiger partial charge in [0, 0.05) is 26.2 Å². The first-order chi connectivity index (χ1) is 9.17. The molecule has 109 valence electrons. The first-order valence-electron chi connectivity index (χ1n) is 7.60. The molecule has 0 spiro atoms. The lowest BCUT2D eigenvalue weighted by atomic mass is 9.96. The monoisotopic (exact) mass is 266 g/mol.